The lowest BCUT2D eigenvalue weighted by Gasteiger charge is -2.22. The third-order valence-corrected chi connectivity index (χ3v) is 4.59. The van der Waals surface area contributed by atoms with Gasteiger partial charge in [-0.1, -0.05) is 0 Å². The number of carbonyl (C=O) groups is 5. The Morgan fingerprint density at radius 1 is 1.14 bits per heavy atom. The number of esters is 1. The smallest absolute Gasteiger partial charge is 0.407 e. The van der Waals surface area contributed by atoms with Crippen LogP contribution < -0.4 is 15.9 Å². The molecule has 0 bridgehead atoms. The fourth-order valence-electron chi connectivity index (χ4n) is 2.95. The summed E-state index contributed by atoms with van der Waals surface area (Å²) in [6, 6.07) is 0.393. The van der Waals surface area contributed by atoms with Gasteiger partial charge in [0.05, 0.1) is 12.2 Å². The summed E-state index contributed by atoms with van der Waals surface area (Å²) in [4.78, 5) is 64.9. The van der Waals surface area contributed by atoms with Gasteiger partial charge in [-0.05, 0) is 65.5 Å². The number of nitrogens with zero attached hydrogens (tertiary/aromatic N) is 1. The van der Waals surface area contributed by atoms with E-state index in [1.807, 2.05) is 0 Å². The number of carboxylic acids is 1. The van der Waals surface area contributed by atoms with Crippen LogP contribution in [0.5, 0.6) is 0 Å². The molecular weight excluding hydrogens is 472 g/mol. The lowest BCUT2D eigenvalue weighted by atomic mass is 10.1. The van der Waals surface area contributed by atoms with Gasteiger partial charge in [-0.25, -0.2) is 9.59 Å². The van der Waals surface area contributed by atoms with Crippen LogP contribution in [-0.2, 0) is 23.9 Å². The minimum Gasteiger partial charge on any atom is -0.481 e. The summed E-state index contributed by atoms with van der Waals surface area (Å²) in [5.41, 5.74) is -0.559. The van der Waals surface area contributed by atoms with E-state index >= 15 is 0 Å². The van der Waals surface area contributed by atoms with Crippen LogP contribution in [0.3, 0.4) is 0 Å². The minimum absolute atomic E-state index is 0.0242. The zero-order chi connectivity index (χ0) is 28.0. The SMILES string of the molecule is [2H]N(C(=O)c1cccnc1)[C@@H](CCCCNC(=O)OC(C)(C)C)C(=O)N[C@@H](CCC(=O)O)C(=O)OCC. The van der Waals surface area contributed by atoms with Crippen molar-refractivity contribution in [3.05, 3.63) is 30.1 Å². The molecule has 1 rings (SSSR count). The molecule has 1 heterocycles. The standard InChI is InChI=1S/C24H36N4O8/c1-5-35-22(33)18(11-12-19(29)30)28-21(32)17(27-20(31)16-9-8-13-25-15-16)10-6-7-14-26-23(34)36-24(2,3)4/h8-9,13,15,17-18H,5-7,10-12,14H2,1-4H3,(H,26,34)(H,27,31)(H,28,32)(H,29,30)/t17-,18-/m0/s1/i/hD. The van der Waals surface area contributed by atoms with E-state index in [4.69, 9.17) is 16.0 Å². The first-order valence-electron chi connectivity index (χ1n) is 12.2. The molecule has 2 atom stereocenters. The number of aromatic nitrogens is 1. The molecule has 1 aromatic heterocycles. The lowest BCUT2D eigenvalue weighted by Crippen LogP contribution is -2.52. The van der Waals surface area contributed by atoms with Gasteiger partial charge in [-0.15, -0.1) is 0 Å². The molecule has 0 aliphatic rings. The average Bonchev–Trinajstić information content (AvgIpc) is 2.82. The van der Waals surface area contributed by atoms with Crippen LogP contribution in [-0.4, -0.2) is 70.8 Å². The van der Waals surface area contributed by atoms with Crippen molar-refractivity contribution in [3.63, 3.8) is 0 Å². The van der Waals surface area contributed by atoms with E-state index in [0.717, 1.165) is 0 Å². The molecule has 0 aromatic carbocycles. The molecule has 0 unspecified atom stereocenters. The highest BCUT2D eigenvalue weighted by molar-refractivity contribution is 5.97. The number of ether oxygens (including phenoxy) is 2. The van der Waals surface area contributed by atoms with E-state index in [0.29, 0.717) is 18.2 Å². The van der Waals surface area contributed by atoms with Crippen LogP contribution in [0.4, 0.5) is 4.79 Å². The van der Waals surface area contributed by atoms with Crippen LogP contribution in [0.15, 0.2) is 24.5 Å². The Morgan fingerprint density at radius 2 is 1.86 bits per heavy atom. The van der Waals surface area contributed by atoms with Gasteiger partial charge in [0.1, 0.15) is 17.7 Å². The molecule has 0 aliphatic heterocycles. The quantitative estimate of drug-likeness (QED) is 0.215. The first-order chi connectivity index (χ1) is 17.4. The maximum absolute atomic E-state index is 13.1. The third kappa shape index (κ3) is 12.7. The molecule has 200 valence electrons. The van der Waals surface area contributed by atoms with E-state index in [9.17, 15) is 24.0 Å². The number of unbranched alkanes of at least 4 members (excludes halogenated alkanes) is 1. The number of pyridine rings is 1. The Bertz CT molecular complexity index is 923. The predicted octanol–water partition coefficient (Wildman–Crippen LogP) is 1.79. The largest absolute Gasteiger partial charge is 0.481 e. The number of carboxylic acid groups (broad SMARTS) is 1. The van der Waals surface area contributed by atoms with Gasteiger partial charge in [0.25, 0.3) is 5.91 Å². The Kier molecular flexibility index (Phi) is 12.1. The number of nitrogens with one attached hydrogen (secondary N) is 3. The molecule has 3 amide bonds. The molecule has 0 saturated heterocycles. The monoisotopic (exact) mass is 509 g/mol. The van der Waals surface area contributed by atoms with E-state index < -0.39 is 54.0 Å². The van der Waals surface area contributed by atoms with Gasteiger partial charge in [0, 0.05) is 25.4 Å². The first kappa shape index (κ1) is 28.5. The van der Waals surface area contributed by atoms with Gasteiger partial charge < -0.3 is 30.5 Å². The van der Waals surface area contributed by atoms with Crippen molar-refractivity contribution in [1.29, 1.82) is 0 Å². The molecule has 4 N–H and O–H groups in total. The van der Waals surface area contributed by atoms with Gasteiger partial charge in [-0.2, -0.15) is 0 Å². The van der Waals surface area contributed by atoms with Gasteiger partial charge in [-0.3, -0.25) is 19.4 Å². The maximum atomic E-state index is 13.1. The summed E-state index contributed by atoms with van der Waals surface area (Å²) in [6.45, 7) is 7.03. The Hall–Kier alpha value is -3.70. The van der Waals surface area contributed by atoms with Crippen LogP contribution >= 0.6 is 0 Å². The molecule has 0 spiro atoms. The second-order valence-electron chi connectivity index (χ2n) is 8.86. The van der Waals surface area contributed by atoms with Crippen molar-refractivity contribution in [2.45, 2.75) is 77.5 Å². The van der Waals surface area contributed by atoms with Gasteiger partial charge in [0.2, 0.25) is 5.91 Å². The molecule has 0 fully saturated rings. The molecular formula is C24H36N4O8. The number of amides is 3. The molecule has 36 heavy (non-hydrogen) atoms. The number of carbonyl (C=O) groups excluding carboxylic acids is 4. The van der Waals surface area contributed by atoms with Crippen LogP contribution in [0.2, 0.25) is 1.41 Å². The first-order valence-corrected chi connectivity index (χ1v) is 11.7. The molecule has 0 aliphatic carbocycles. The third-order valence-electron chi connectivity index (χ3n) is 4.59. The maximum Gasteiger partial charge on any atom is 0.407 e. The second kappa shape index (κ2) is 15.3. The van der Waals surface area contributed by atoms with E-state index in [-0.39, 0.29) is 31.6 Å². The van der Waals surface area contributed by atoms with Crippen molar-refractivity contribution in [1.82, 2.24) is 20.9 Å². The predicted molar refractivity (Wildman–Crippen MR) is 129 cm³/mol. The highest BCUT2D eigenvalue weighted by atomic mass is 16.6. The summed E-state index contributed by atoms with van der Waals surface area (Å²) in [5, 5.41) is 14.5. The Morgan fingerprint density at radius 3 is 2.44 bits per heavy atom. The van der Waals surface area contributed by atoms with Crippen molar-refractivity contribution in [2.24, 2.45) is 0 Å². The van der Waals surface area contributed by atoms with Crippen molar-refractivity contribution >= 4 is 29.8 Å². The number of hydrogen-bond acceptors (Lipinski definition) is 8. The zero-order valence-electron chi connectivity index (χ0n) is 22.1. The Labute approximate surface area is 212 Å². The summed E-state index contributed by atoms with van der Waals surface area (Å²) in [5.74, 6) is -3.56. The number of alkyl carbamates (subject to hydrolysis) is 1. The molecule has 0 saturated carbocycles. The fraction of sp³-hybridized carbons (Fsp3) is 0.583. The number of aliphatic carboxylic acids is 1. The topological polar surface area (TPSA) is 173 Å². The molecule has 12 nitrogen and oxygen atoms in total. The molecule has 12 heteroatoms. The lowest BCUT2D eigenvalue weighted by molar-refractivity contribution is -0.148. The molecule has 1 aromatic rings. The van der Waals surface area contributed by atoms with E-state index in [1.165, 1.54) is 24.5 Å². The van der Waals surface area contributed by atoms with Crippen LogP contribution in [0.1, 0.15) is 70.2 Å². The second-order valence-corrected chi connectivity index (χ2v) is 8.86. The normalized spacial score (nSPS) is 12.9. The summed E-state index contributed by atoms with van der Waals surface area (Å²) in [7, 11) is 0. The number of hydrogen-bond donors (Lipinski definition) is 4. The van der Waals surface area contributed by atoms with Crippen LogP contribution in [0, 0.1) is 0 Å². The molecule has 0 radical (unpaired) electrons. The number of rotatable bonds is 14. The van der Waals surface area contributed by atoms with Gasteiger partial charge >= 0.3 is 18.0 Å². The average molecular weight is 510 g/mol. The summed E-state index contributed by atoms with van der Waals surface area (Å²) in [6.07, 6.45) is 2.29. The highest BCUT2D eigenvalue weighted by Gasteiger charge is 2.28. The highest BCUT2D eigenvalue weighted by Crippen LogP contribution is 2.09. The summed E-state index contributed by atoms with van der Waals surface area (Å²) < 4.78 is 18.4. The Balaban J connectivity index is 2.93. The van der Waals surface area contributed by atoms with Crippen LogP contribution in [0.25, 0.3) is 0 Å². The zero-order valence-corrected chi connectivity index (χ0v) is 21.1. The minimum atomic E-state index is -1.31. The van der Waals surface area contributed by atoms with Crippen molar-refractivity contribution in [3.8, 4) is 0 Å². The van der Waals surface area contributed by atoms with E-state index in [2.05, 4.69) is 15.6 Å². The van der Waals surface area contributed by atoms with Gasteiger partial charge in [0.15, 0.2) is 1.41 Å². The fourth-order valence-corrected chi connectivity index (χ4v) is 2.95. The summed E-state index contributed by atoms with van der Waals surface area (Å²) >= 11 is 0. The van der Waals surface area contributed by atoms with Crippen molar-refractivity contribution < 1.29 is 40.0 Å². The van der Waals surface area contributed by atoms with E-state index in [1.54, 1.807) is 27.7 Å². The van der Waals surface area contributed by atoms with Crippen molar-refractivity contribution in [2.75, 3.05) is 13.2 Å².